The number of carbonyl (C=O) groups is 1. The zero-order valence-corrected chi connectivity index (χ0v) is 10.8. The summed E-state index contributed by atoms with van der Waals surface area (Å²) in [5.41, 5.74) is 5.83. The summed E-state index contributed by atoms with van der Waals surface area (Å²) >= 11 is 0. The highest BCUT2D eigenvalue weighted by molar-refractivity contribution is 5.93. The maximum absolute atomic E-state index is 13.4. The second-order valence-electron chi connectivity index (χ2n) is 4.40. The summed E-state index contributed by atoms with van der Waals surface area (Å²) in [7, 11) is 0. The van der Waals surface area contributed by atoms with Gasteiger partial charge in [-0.1, -0.05) is 32.6 Å². The molecular formula is C14H21FN2O. The minimum absolute atomic E-state index is 0.324. The van der Waals surface area contributed by atoms with Gasteiger partial charge in [-0.3, -0.25) is 4.79 Å². The number of hydrogen-bond acceptors (Lipinski definition) is 2. The number of anilines is 1. The maximum Gasteiger partial charge on any atom is 0.248 e. The van der Waals surface area contributed by atoms with Crippen molar-refractivity contribution in [1.82, 2.24) is 0 Å². The largest absolute Gasteiger partial charge is 0.383 e. The van der Waals surface area contributed by atoms with E-state index in [1.165, 1.54) is 37.5 Å². The highest BCUT2D eigenvalue weighted by atomic mass is 19.1. The molecule has 0 fully saturated rings. The minimum atomic E-state index is -0.541. The Morgan fingerprint density at radius 2 is 2.00 bits per heavy atom. The molecule has 0 aliphatic heterocycles. The number of halogens is 1. The van der Waals surface area contributed by atoms with Gasteiger partial charge in [0.2, 0.25) is 5.91 Å². The molecule has 18 heavy (non-hydrogen) atoms. The Labute approximate surface area is 108 Å². The van der Waals surface area contributed by atoms with E-state index >= 15 is 0 Å². The third kappa shape index (κ3) is 4.73. The zero-order chi connectivity index (χ0) is 13.4. The van der Waals surface area contributed by atoms with Gasteiger partial charge in [-0.15, -0.1) is 0 Å². The summed E-state index contributed by atoms with van der Waals surface area (Å²) in [5.74, 6) is -0.894. The molecule has 0 saturated heterocycles. The quantitative estimate of drug-likeness (QED) is 0.697. The molecular weight excluding hydrogens is 231 g/mol. The number of nitrogens with one attached hydrogen (secondary N) is 1. The molecule has 1 rings (SSSR count). The minimum Gasteiger partial charge on any atom is -0.383 e. The average Bonchev–Trinajstić information content (AvgIpc) is 2.35. The van der Waals surface area contributed by atoms with Crippen molar-refractivity contribution in [2.75, 3.05) is 11.9 Å². The van der Waals surface area contributed by atoms with Crippen LogP contribution in [0.25, 0.3) is 0 Å². The first-order valence-electron chi connectivity index (χ1n) is 6.48. The lowest BCUT2D eigenvalue weighted by atomic mass is 10.1. The van der Waals surface area contributed by atoms with Crippen molar-refractivity contribution >= 4 is 11.6 Å². The molecule has 0 bridgehead atoms. The lowest BCUT2D eigenvalue weighted by Crippen LogP contribution is -2.12. The first-order chi connectivity index (χ1) is 8.65. The Hall–Kier alpha value is -1.58. The number of hydrogen-bond donors (Lipinski definition) is 2. The summed E-state index contributed by atoms with van der Waals surface area (Å²) in [6.07, 6.45) is 5.80. The number of nitrogens with two attached hydrogens (primary N) is 1. The number of carbonyl (C=O) groups excluding carboxylic acids is 1. The summed E-state index contributed by atoms with van der Waals surface area (Å²) in [5, 5.41) is 3.00. The molecule has 3 nitrogen and oxygen atoms in total. The lowest BCUT2D eigenvalue weighted by Gasteiger charge is -2.08. The molecule has 1 aromatic rings. The van der Waals surface area contributed by atoms with Crippen molar-refractivity contribution in [3.63, 3.8) is 0 Å². The first-order valence-corrected chi connectivity index (χ1v) is 6.48. The van der Waals surface area contributed by atoms with Gasteiger partial charge in [0.1, 0.15) is 5.82 Å². The molecule has 0 atom stereocenters. The van der Waals surface area contributed by atoms with Crippen LogP contribution in [0.2, 0.25) is 0 Å². The lowest BCUT2D eigenvalue weighted by molar-refractivity contribution is 0.100. The van der Waals surface area contributed by atoms with Crippen LogP contribution >= 0.6 is 0 Å². The standard InChI is InChI=1S/C14H21FN2O/c1-2-3-4-5-6-9-17-13-10-11(14(16)18)7-8-12(13)15/h7-8,10,17H,2-6,9H2,1H3,(H2,16,18). The van der Waals surface area contributed by atoms with Gasteiger partial charge in [0.25, 0.3) is 0 Å². The topological polar surface area (TPSA) is 55.1 Å². The number of amides is 1. The molecule has 0 spiro atoms. The van der Waals surface area contributed by atoms with Gasteiger partial charge in [-0.05, 0) is 24.6 Å². The average molecular weight is 252 g/mol. The molecule has 0 radical (unpaired) electrons. The third-order valence-electron chi connectivity index (χ3n) is 2.85. The van der Waals surface area contributed by atoms with E-state index in [-0.39, 0.29) is 5.82 Å². The maximum atomic E-state index is 13.4. The normalized spacial score (nSPS) is 10.3. The van der Waals surface area contributed by atoms with Crippen LogP contribution in [0.4, 0.5) is 10.1 Å². The van der Waals surface area contributed by atoms with E-state index in [0.717, 1.165) is 12.8 Å². The first kappa shape index (κ1) is 14.5. The van der Waals surface area contributed by atoms with Crippen LogP contribution in [0.3, 0.4) is 0 Å². The van der Waals surface area contributed by atoms with E-state index in [2.05, 4.69) is 12.2 Å². The smallest absolute Gasteiger partial charge is 0.248 e. The second-order valence-corrected chi connectivity index (χ2v) is 4.40. The molecule has 0 heterocycles. The summed E-state index contributed by atoms with van der Waals surface area (Å²) in [6, 6.07) is 4.12. The molecule has 0 aliphatic carbocycles. The van der Waals surface area contributed by atoms with Crippen molar-refractivity contribution in [2.45, 2.75) is 39.0 Å². The molecule has 4 heteroatoms. The fourth-order valence-electron chi connectivity index (χ4n) is 1.77. The molecule has 1 amide bonds. The van der Waals surface area contributed by atoms with Crippen LogP contribution in [0, 0.1) is 5.82 Å². The van der Waals surface area contributed by atoms with E-state index < -0.39 is 5.91 Å². The van der Waals surface area contributed by atoms with Crippen molar-refractivity contribution < 1.29 is 9.18 Å². The van der Waals surface area contributed by atoms with Gasteiger partial charge in [-0.25, -0.2) is 4.39 Å². The molecule has 100 valence electrons. The Morgan fingerprint density at radius 1 is 1.28 bits per heavy atom. The molecule has 1 aromatic carbocycles. The van der Waals surface area contributed by atoms with E-state index in [0.29, 0.717) is 17.8 Å². The van der Waals surface area contributed by atoms with E-state index in [4.69, 9.17) is 5.73 Å². The van der Waals surface area contributed by atoms with Crippen molar-refractivity contribution in [3.05, 3.63) is 29.6 Å². The number of benzene rings is 1. The molecule has 0 unspecified atom stereocenters. The Balaban J connectivity index is 2.41. The van der Waals surface area contributed by atoms with Crippen LogP contribution in [0.5, 0.6) is 0 Å². The van der Waals surface area contributed by atoms with E-state index in [9.17, 15) is 9.18 Å². The van der Waals surface area contributed by atoms with Gasteiger partial charge in [0, 0.05) is 12.1 Å². The van der Waals surface area contributed by atoms with Gasteiger partial charge >= 0.3 is 0 Å². The molecule has 3 N–H and O–H groups in total. The predicted octanol–water partition coefficient (Wildman–Crippen LogP) is 3.31. The number of rotatable bonds is 8. The molecule has 0 aromatic heterocycles. The van der Waals surface area contributed by atoms with Crippen LogP contribution in [-0.4, -0.2) is 12.5 Å². The number of primary amides is 1. The van der Waals surface area contributed by atoms with E-state index in [1.54, 1.807) is 0 Å². The molecule has 0 saturated carbocycles. The van der Waals surface area contributed by atoms with E-state index in [1.807, 2.05) is 0 Å². The molecule has 0 aliphatic rings. The Kier molecular flexibility index (Phi) is 6.19. The Morgan fingerprint density at radius 3 is 2.67 bits per heavy atom. The van der Waals surface area contributed by atoms with Gasteiger partial charge in [-0.2, -0.15) is 0 Å². The monoisotopic (exact) mass is 252 g/mol. The summed E-state index contributed by atoms with van der Waals surface area (Å²) in [6.45, 7) is 2.88. The number of unbranched alkanes of at least 4 members (excludes halogenated alkanes) is 4. The fraction of sp³-hybridized carbons (Fsp3) is 0.500. The summed E-state index contributed by atoms with van der Waals surface area (Å²) in [4.78, 5) is 11.0. The van der Waals surface area contributed by atoms with Crippen LogP contribution in [0.15, 0.2) is 18.2 Å². The van der Waals surface area contributed by atoms with Crippen LogP contribution in [0.1, 0.15) is 49.4 Å². The predicted molar refractivity (Wildman–Crippen MR) is 72.2 cm³/mol. The van der Waals surface area contributed by atoms with Crippen molar-refractivity contribution in [1.29, 1.82) is 0 Å². The van der Waals surface area contributed by atoms with Gasteiger partial charge in [0.05, 0.1) is 5.69 Å². The zero-order valence-electron chi connectivity index (χ0n) is 10.8. The van der Waals surface area contributed by atoms with Crippen LogP contribution < -0.4 is 11.1 Å². The highest BCUT2D eigenvalue weighted by Gasteiger charge is 2.06. The van der Waals surface area contributed by atoms with Gasteiger partial charge < -0.3 is 11.1 Å². The Bertz CT molecular complexity index is 393. The SMILES string of the molecule is CCCCCCCNc1cc(C(N)=O)ccc1F. The van der Waals surface area contributed by atoms with Crippen LogP contribution in [-0.2, 0) is 0 Å². The van der Waals surface area contributed by atoms with Gasteiger partial charge in [0.15, 0.2) is 0 Å². The third-order valence-corrected chi connectivity index (χ3v) is 2.85. The second kappa shape index (κ2) is 7.69. The summed E-state index contributed by atoms with van der Waals surface area (Å²) < 4.78 is 13.4. The highest BCUT2D eigenvalue weighted by Crippen LogP contribution is 2.16. The van der Waals surface area contributed by atoms with Crippen molar-refractivity contribution in [3.8, 4) is 0 Å². The van der Waals surface area contributed by atoms with Crippen molar-refractivity contribution in [2.24, 2.45) is 5.73 Å². The fourth-order valence-corrected chi connectivity index (χ4v) is 1.77.